The molecule has 0 fully saturated rings. The van der Waals surface area contributed by atoms with Gasteiger partial charge in [0.15, 0.2) is 4.80 Å². The van der Waals surface area contributed by atoms with Crippen LogP contribution in [0.2, 0.25) is 0 Å². The number of hydrogen-bond acceptors (Lipinski definition) is 5. The molecule has 8 heteroatoms. The van der Waals surface area contributed by atoms with Crippen LogP contribution in [0.4, 0.5) is 0 Å². The molecule has 1 aliphatic heterocycles. The van der Waals surface area contributed by atoms with Crippen LogP contribution in [-0.4, -0.2) is 40.6 Å². The first-order chi connectivity index (χ1) is 17.9. The maximum atomic E-state index is 14.0. The molecular weight excluding hydrogens is 484 g/mol. The van der Waals surface area contributed by atoms with Crippen molar-refractivity contribution >= 4 is 34.2 Å². The average Bonchev–Trinajstić information content (AvgIpc) is 3.39. The molecule has 1 atom stereocenters. The zero-order valence-electron chi connectivity index (χ0n) is 21.7. The van der Waals surface area contributed by atoms with Crippen LogP contribution in [0, 0.1) is 6.92 Å². The third kappa shape index (κ3) is 4.11. The first kappa shape index (κ1) is 24.8. The highest BCUT2D eigenvalue weighted by atomic mass is 32.1. The molecule has 0 aliphatic carbocycles. The molecule has 0 unspecified atom stereocenters. The Morgan fingerprint density at radius 1 is 1.14 bits per heavy atom. The van der Waals surface area contributed by atoms with Crippen molar-refractivity contribution in [3.63, 3.8) is 0 Å². The van der Waals surface area contributed by atoms with Gasteiger partial charge >= 0.3 is 0 Å². The number of carbonyl (C=O) groups is 1. The quantitative estimate of drug-likeness (QED) is 0.424. The second-order valence-electron chi connectivity index (χ2n) is 9.01. The lowest BCUT2D eigenvalue weighted by molar-refractivity contribution is -0.127. The van der Waals surface area contributed by atoms with Crippen LogP contribution in [0.3, 0.4) is 0 Å². The number of H-pyrrole nitrogens is 1. The molecule has 2 aromatic carbocycles. The Balaban J connectivity index is 1.79. The van der Waals surface area contributed by atoms with Crippen molar-refractivity contribution in [3.8, 4) is 5.75 Å². The van der Waals surface area contributed by atoms with Gasteiger partial charge in [0.2, 0.25) is 0 Å². The second-order valence-corrected chi connectivity index (χ2v) is 10.0. The Hall–Kier alpha value is -3.91. The standard InChI is InChI=1S/C29H30N4O3S/c1-6-32(7-2)28(35)25-18(4)31-29-33(26(25)20-13-9-11-15-23(20)36-5)27(34)24(37-29)16-21-17(3)30-22-14-10-8-12-19(21)22/h8-16,26,30H,6-7H2,1-5H3/b24-16+/t26-/m1/s1. The van der Waals surface area contributed by atoms with Crippen molar-refractivity contribution in [2.24, 2.45) is 4.99 Å². The molecule has 1 amide bonds. The van der Waals surface area contributed by atoms with Crippen molar-refractivity contribution in [2.45, 2.75) is 33.7 Å². The summed E-state index contributed by atoms with van der Waals surface area (Å²) in [6.45, 7) is 8.89. The lowest BCUT2D eigenvalue weighted by atomic mass is 9.94. The van der Waals surface area contributed by atoms with Gasteiger partial charge < -0.3 is 14.6 Å². The summed E-state index contributed by atoms with van der Waals surface area (Å²) in [6, 6.07) is 15.0. The van der Waals surface area contributed by atoms with Gasteiger partial charge in [-0.05, 0) is 45.9 Å². The van der Waals surface area contributed by atoms with Crippen LogP contribution in [0.5, 0.6) is 5.75 Å². The normalized spacial score (nSPS) is 15.6. The molecular formula is C29H30N4O3S. The van der Waals surface area contributed by atoms with Crippen molar-refractivity contribution in [1.82, 2.24) is 14.5 Å². The summed E-state index contributed by atoms with van der Waals surface area (Å²) in [5, 5.41) is 1.06. The predicted molar refractivity (Wildman–Crippen MR) is 148 cm³/mol. The fourth-order valence-corrected chi connectivity index (χ4v) is 6.11. The van der Waals surface area contributed by atoms with E-state index in [9.17, 15) is 9.59 Å². The number of aromatic amines is 1. The number of aromatic nitrogens is 2. The van der Waals surface area contributed by atoms with Crippen LogP contribution in [-0.2, 0) is 4.79 Å². The summed E-state index contributed by atoms with van der Waals surface area (Å²) < 4.78 is 7.90. The number of hydrogen-bond donors (Lipinski definition) is 1. The highest BCUT2D eigenvalue weighted by Gasteiger charge is 2.35. The van der Waals surface area contributed by atoms with E-state index in [1.165, 1.54) is 11.3 Å². The molecule has 0 spiro atoms. The maximum absolute atomic E-state index is 14.0. The molecule has 37 heavy (non-hydrogen) atoms. The molecule has 190 valence electrons. The number of nitrogens with one attached hydrogen (secondary N) is 1. The highest BCUT2D eigenvalue weighted by Crippen LogP contribution is 2.36. The fourth-order valence-electron chi connectivity index (χ4n) is 5.08. The van der Waals surface area contributed by atoms with E-state index < -0.39 is 6.04 Å². The average molecular weight is 515 g/mol. The molecule has 3 heterocycles. The molecule has 7 nitrogen and oxygen atoms in total. The molecule has 5 rings (SSSR count). The van der Waals surface area contributed by atoms with Gasteiger partial charge in [-0.25, -0.2) is 4.99 Å². The summed E-state index contributed by atoms with van der Waals surface area (Å²) >= 11 is 1.34. The topological polar surface area (TPSA) is 79.7 Å². The highest BCUT2D eigenvalue weighted by molar-refractivity contribution is 7.07. The van der Waals surface area contributed by atoms with Crippen LogP contribution in [0.1, 0.15) is 43.6 Å². The summed E-state index contributed by atoms with van der Waals surface area (Å²) in [5.74, 6) is 0.498. The summed E-state index contributed by atoms with van der Waals surface area (Å²) in [7, 11) is 1.60. The van der Waals surface area contributed by atoms with E-state index in [0.717, 1.165) is 27.7 Å². The smallest absolute Gasteiger partial charge is 0.271 e. The third-order valence-electron chi connectivity index (χ3n) is 6.96. The molecule has 1 N–H and O–H groups in total. The van der Waals surface area contributed by atoms with Gasteiger partial charge in [-0.15, -0.1) is 0 Å². The van der Waals surface area contributed by atoms with Gasteiger partial charge in [-0.3, -0.25) is 14.2 Å². The van der Waals surface area contributed by atoms with E-state index in [1.807, 2.05) is 82.3 Å². The predicted octanol–water partition coefficient (Wildman–Crippen LogP) is 3.90. The number of amides is 1. The number of allylic oxidation sites excluding steroid dienone is 1. The van der Waals surface area contributed by atoms with E-state index in [1.54, 1.807) is 16.6 Å². The largest absolute Gasteiger partial charge is 0.496 e. The van der Waals surface area contributed by atoms with Crippen molar-refractivity contribution < 1.29 is 9.53 Å². The summed E-state index contributed by atoms with van der Waals surface area (Å²) in [5.41, 5.74) is 4.67. The van der Waals surface area contributed by atoms with E-state index in [2.05, 4.69) is 4.98 Å². The molecule has 2 aromatic heterocycles. The number of fused-ring (bicyclic) bond motifs is 2. The zero-order valence-corrected chi connectivity index (χ0v) is 22.5. The number of aryl methyl sites for hydroxylation is 1. The number of thiazole rings is 1. The Labute approximate surface area is 219 Å². The molecule has 1 aliphatic rings. The number of carbonyl (C=O) groups excluding carboxylic acids is 1. The SMILES string of the molecule is CCN(CC)C(=O)C1=C(C)N=c2s/c(=C/c3c(C)[nH]c4ccccc34)c(=O)n2[C@@H]1c1ccccc1OC. The Bertz CT molecular complexity index is 1720. The van der Waals surface area contributed by atoms with Gasteiger partial charge in [-0.2, -0.15) is 0 Å². The van der Waals surface area contributed by atoms with Crippen LogP contribution < -0.4 is 19.6 Å². The van der Waals surface area contributed by atoms with Crippen molar-refractivity contribution in [3.05, 3.63) is 96.3 Å². The molecule has 4 aromatic rings. The number of ether oxygens (including phenoxy) is 1. The maximum Gasteiger partial charge on any atom is 0.271 e. The zero-order chi connectivity index (χ0) is 26.3. The van der Waals surface area contributed by atoms with Crippen molar-refractivity contribution in [2.75, 3.05) is 20.2 Å². The minimum Gasteiger partial charge on any atom is -0.496 e. The Kier molecular flexibility index (Phi) is 6.60. The lowest BCUT2D eigenvalue weighted by Gasteiger charge is -2.29. The van der Waals surface area contributed by atoms with Gasteiger partial charge in [-0.1, -0.05) is 47.7 Å². The van der Waals surface area contributed by atoms with Gasteiger partial charge in [0, 0.05) is 40.8 Å². The lowest BCUT2D eigenvalue weighted by Crippen LogP contribution is -2.43. The second kappa shape index (κ2) is 9.86. The number of likely N-dealkylation sites (N-methyl/N-ethyl adjacent to an activating group) is 1. The molecule has 0 saturated carbocycles. The summed E-state index contributed by atoms with van der Waals surface area (Å²) in [4.78, 5) is 38.3. The molecule has 0 saturated heterocycles. The van der Waals surface area contributed by atoms with Crippen LogP contribution >= 0.6 is 11.3 Å². The monoisotopic (exact) mass is 514 g/mol. The molecule has 0 radical (unpaired) electrons. The van der Waals surface area contributed by atoms with Crippen molar-refractivity contribution in [1.29, 1.82) is 0 Å². The van der Waals surface area contributed by atoms with E-state index in [-0.39, 0.29) is 11.5 Å². The number of benzene rings is 2. The Morgan fingerprint density at radius 3 is 2.57 bits per heavy atom. The minimum absolute atomic E-state index is 0.121. The van der Waals surface area contributed by atoms with Gasteiger partial charge in [0.05, 0.1) is 22.9 Å². The van der Waals surface area contributed by atoms with E-state index in [4.69, 9.17) is 9.73 Å². The Morgan fingerprint density at radius 2 is 1.84 bits per heavy atom. The van der Waals surface area contributed by atoms with Crippen LogP contribution in [0.15, 0.2) is 69.6 Å². The minimum atomic E-state index is -0.647. The first-order valence-electron chi connectivity index (χ1n) is 12.4. The van der Waals surface area contributed by atoms with E-state index in [0.29, 0.717) is 39.4 Å². The third-order valence-corrected chi connectivity index (χ3v) is 7.94. The first-order valence-corrected chi connectivity index (χ1v) is 13.2. The number of methoxy groups -OCH3 is 1. The van der Waals surface area contributed by atoms with Crippen LogP contribution in [0.25, 0.3) is 17.0 Å². The van der Waals surface area contributed by atoms with E-state index >= 15 is 0 Å². The van der Waals surface area contributed by atoms with Gasteiger partial charge in [0.1, 0.15) is 11.8 Å². The number of nitrogens with zero attached hydrogens (tertiary/aromatic N) is 3. The summed E-state index contributed by atoms with van der Waals surface area (Å²) in [6.07, 6.45) is 1.93. The number of para-hydroxylation sites is 2. The molecule has 0 bridgehead atoms. The van der Waals surface area contributed by atoms with Gasteiger partial charge in [0.25, 0.3) is 11.5 Å². The fraction of sp³-hybridized carbons (Fsp3) is 0.276. The number of rotatable bonds is 6.